The summed E-state index contributed by atoms with van der Waals surface area (Å²) in [7, 11) is 4.01. The summed E-state index contributed by atoms with van der Waals surface area (Å²) in [5, 5.41) is 12.2. The lowest BCUT2D eigenvalue weighted by Crippen LogP contribution is -2.34. The van der Waals surface area contributed by atoms with Crippen LogP contribution in [0, 0.1) is 12.8 Å². The Bertz CT molecular complexity index is 1150. The molecule has 1 aliphatic carbocycles. The summed E-state index contributed by atoms with van der Waals surface area (Å²) in [5.74, 6) is 1.99. The van der Waals surface area contributed by atoms with Crippen molar-refractivity contribution < 1.29 is 4.79 Å². The molecule has 1 aliphatic rings. The average Bonchev–Trinajstić information content (AvgIpc) is 3.20. The van der Waals surface area contributed by atoms with E-state index in [1.807, 2.05) is 54.9 Å². The average molecular weight is 464 g/mol. The van der Waals surface area contributed by atoms with Crippen molar-refractivity contribution in [3.05, 3.63) is 41.7 Å². The Morgan fingerprint density at radius 1 is 1.12 bits per heavy atom. The molecule has 1 amide bonds. The van der Waals surface area contributed by atoms with E-state index < -0.39 is 0 Å². The Morgan fingerprint density at radius 3 is 2.47 bits per heavy atom. The summed E-state index contributed by atoms with van der Waals surface area (Å²) in [6.45, 7) is 8.94. The van der Waals surface area contributed by atoms with Crippen molar-refractivity contribution in [2.45, 2.75) is 65.0 Å². The minimum atomic E-state index is -0.143. The minimum Gasteiger partial charge on any atom is -0.362 e. The van der Waals surface area contributed by atoms with Gasteiger partial charge in [-0.15, -0.1) is 0 Å². The first-order chi connectivity index (χ1) is 16.1. The Hall–Kier alpha value is -3.16. The molecule has 34 heavy (non-hydrogen) atoms. The predicted octanol–water partition coefficient (Wildman–Crippen LogP) is 4.36. The Labute approximate surface area is 202 Å². The zero-order chi connectivity index (χ0) is 24.5. The molecule has 1 fully saturated rings. The van der Waals surface area contributed by atoms with Gasteiger partial charge in [0.05, 0.1) is 11.1 Å². The number of rotatable bonds is 6. The number of nitrogens with zero attached hydrogens (tertiary/aromatic N) is 5. The van der Waals surface area contributed by atoms with Crippen LogP contribution in [0.5, 0.6) is 0 Å². The maximum atomic E-state index is 12.7. The lowest BCUT2D eigenvalue weighted by molar-refractivity contribution is 0.0936. The normalized spacial score (nSPS) is 18.6. The maximum Gasteiger partial charge on any atom is 0.271 e. The van der Waals surface area contributed by atoms with Crippen LogP contribution in [0.25, 0.3) is 10.9 Å². The molecule has 0 radical (unpaired) electrons. The predicted molar refractivity (Wildman–Crippen MR) is 138 cm³/mol. The smallest absolute Gasteiger partial charge is 0.271 e. The fraction of sp³-hybridized carbons (Fsp3) is 0.538. The number of para-hydroxylation sites is 1. The van der Waals surface area contributed by atoms with E-state index in [1.54, 1.807) is 0 Å². The van der Waals surface area contributed by atoms with E-state index in [0.717, 1.165) is 48.1 Å². The number of amides is 1. The standard InChI is InChI=1S/C26H37N7O/c1-17-15-22(31-33(17)26(2,3)4)24(34)27-16-18-11-13-19(14-12-18)28-25-29-21-10-8-7-9-20(21)23(30-25)32(5)6/h7-10,15,18-19H,11-14,16H2,1-6H3,(H,27,34)(H,28,29,30)/t18-,19+. The van der Waals surface area contributed by atoms with Crippen molar-refractivity contribution in [3.8, 4) is 0 Å². The van der Waals surface area contributed by atoms with Crippen molar-refractivity contribution in [3.63, 3.8) is 0 Å². The number of hydrogen-bond acceptors (Lipinski definition) is 6. The van der Waals surface area contributed by atoms with Gasteiger partial charge in [0.15, 0.2) is 0 Å². The van der Waals surface area contributed by atoms with Crippen molar-refractivity contribution in [1.29, 1.82) is 0 Å². The van der Waals surface area contributed by atoms with E-state index >= 15 is 0 Å². The molecule has 0 unspecified atom stereocenters. The third-order valence-electron chi connectivity index (χ3n) is 6.49. The van der Waals surface area contributed by atoms with Gasteiger partial charge in [0.1, 0.15) is 11.5 Å². The highest BCUT2D eigenvalue weighted by Crippen LogP contribution is 2.28. The first kappa shape index (κ1) is 24.0. The van der Waals surface area contributed by atoms with Crippen LogP contribution in [0.4, 0.5) is 11.8 Å². The van der Waals surface area contributed by atoms with Gasteiger partial charge in [-0.2, -0.15) is 10.1 Å². The van der Waals surface area contributed by atoms with E-state index in [-0.39, 0.29) is 11.4 Å². The van der Waals surface area contributed by atoms with Crippen LogP contribution in [0.2, 0.25) is 0 Å². The molecule has 3 aromatic rings. The van der Waals surface area contributed by atoms with Gasteiger partial charge in [0.25, 0.3) is 5.91 Å². The number of aromatic nitrogens is 4. The molecule has 2 heterocycles. The van der Waals surface area contributed by atoms with Crippen LogP contribution in [0.1, 0.15) is 62.6 Å². The van der Waals surface area contributed by atoms with Crippen molar-refractivity contribution in [2.75, 3.05) is 30.9 Å². The Morgan fingerprint density at radius 2 is 1.82 bits per heavy atom. The molecule has 8 nitrogen and oxygen atoms in total. The van der Waals surface area contributed by atoms with Crippen molar-refractivity contribution in [1.82, 2.24) is 25.1 Å². The second kappa shape index (κ2) is 9.60. The molecule has 0 aliphatic heterocycles. The molecule has 0 spiro atoms. The van der Waals surface area contributed by atoms with Gasteiger partial charge in [-0.05, 0) is 77.5 Å². The maximum absolute atomic E-state index is 12.7. The molecule has 1 saturated carbocycles. The van der Waals surface area contributed by atoms with E-state index in [0.29, 0.717) is 30.1 Å². The van der Waals surface area contributed by atoms with Gasteiger partial charge in [-0.3, -0.25) is 9.48 Å². The zero-order valence-corrected chi connectivity index (χ0v) is 21.2. The molecule has 2 aromatic heterocycles. The number of carbonyl (C=O) groups excluding carboxylic acids is 1. The van der Waals surface area contributed by atoms with Crippen LogP contribution < -0.4 is 15.5 Å². The molecule has 0 atom stereocenters. The number of carbonyl (C=O) groups is 1. The minimum absolute atomic E-state index is 0.0906. The lowest BCUT2D eigenvalue weighted by atomic mass is 9.86. The van der Waals surface area contributed by atoms with Gasteiger partial charge >= 0.3 is 0 Å². The van der Waals surface area contributed by atoms with Gasteiger partial charge in [-0.25, -0.2) is 4.98 Å². The summed E-state index contributed by atoms with van der Waals surface area (Å²) in [4.78, 5) is 24.2. The molecule has 2 N–H and O–H groups in total. The molecular formula is C26H37N7O. The zero-order valence-electron chi connectivity index (χ0n) is 21.2. The Kier molecular flexibility index (Phi) is 6.77. The number of benzene rings is 1. The first-order valence-electron chi connectivity index (χ1n) is 12.2. The molecule has 1 aromatic carbocycles. The van der Waals surface area contributed by atoms with Crippen molar-refractivity contribution in [2.24, 2.45) is 5.92 Å². The number of anilines is 2. The summed E-state index contributed by atoms with van der Waals surface area (Å²) in [6.07, 6.45) is 4.18. The van der Waals surface area contributed by atoms with Gasteiger partial charge in [0, 0.05) is 37.8 Å². The quantitative estimate of drug-likeness (QED) is 0.565. The second-order valence-electron chi connectivity index (χ2n) is 10.6. The molecule has 182 valence electrons. The SMILES string of the molecule is Cc1cc(C(=O)NC[C@H]2CC[C@@H](Nc3nc(N(C)C)c4ccccc4n3)CC2)nn1C(C)(C)C. The van der Waals surface area contributed by atoms with E-state index in [2.05, 4.69) is 42.6 Å². The molecule has 0 saturated heterocycles. The third kappa shape index (κ3) is 5.32. The molecule has 8 heteroatoms. The number of nitrogens with one attached hydrogen (secondary N) is 2. The monoisotopic (exact) mass is 463 g/mol. The number of hydrogen-bond donors (Lipinski definition) is 2. The summed E-state index contributed by atoms with van der Waals surface area (Å²) >= 11 is 0. The Balaban J connectivity index is 1.31. The van der Waals surface area contributed by atoms with Crippen LogP contribution in [-0.2, 0) is 5.54 Å². The fourth-order valence-electron chi connectivity index (χ4n) is 4.75. The van der Waals surface area contributed by atoms with Gasteiger partial charge < -0.3 is 15.5 Å². The highest BCUT2D eigenvalue weighted by Gasteiger charge is 2.24. The first-order valence-corrected chi connectivity index (χ1v) is 12.2. The van der Waals surface area contributed by atoms with E-state index in [9.17, 15) is 4.79 Å². The summed E-state index contributed by atoms with van der Waals surface area (Å²) in [6, 6.07) is 10.3. The summed E-state index contributed by atoms with van der Waals surface area (Å²) < 4.78 is 1.91. The van der Waals surface area contributed by atoms with Gasteiger partial charge in [0.2, 0.25) is 5.95 Å². The largest absolute Gasteiger partial charge is 0.362 e. The van der Waals surface area contributed by atoms with Crippen molar-refractivity contribution >= 4 is 28.6 Å². The topological polar surface area (TPSA) is 88.0 Å². The third-order valence-corrected chi connectivity index (χ3v) is 6.49. The van der Waals surface area contributed by atoms with Crippen LogP contribution in [-0.4, -0.2) is 52.3 Å². The van der Waals surface area contributed by atoms with E-state index in [4.69, 9.17) is 9.97 Å². The summed E-state index contributed by atoms with van der Waals surface area (Å²) in [5.41, 5.74) is 2.30. The van der Waals surface area contributed by atoms with Gasteiger partial charge in [-0.1, -0.05) is 12.1 Å². The molecule has 0 bridgehead atoms. The second-order valence-corrected chi connectivity index (χ2v) is 10.6. The lowest BCUT2D eigenvalue weighted by Gasteiger charge is -2.29. The molecular weight excluding hydrogens is 426 g/mol. The highest BCUT2D eigenvalue weighted by molar-refractivity contribution is 5.92. The molecule has 4 rings (SSSR count). The van der Waals surface area contributed by atoms with Crippen LogP contribution in [0.3, 0.4) is 0 Å². The number of aryl methyl sites for hydroxylation is 1. The highest BCUT2D eigenvalue weighted by atomic mass is 16.1. The number of fused-ring (bicyclic) bond motifs is 1. The van der Waals surface area contributed by atoms with Crippen LogP contribution in [0.15, 0.2) is 30.3 Å². The van der Waals surface area contributed by atoms with E-state index in [1.165, 1.54) is 0 Å². The fourth-order valence-corrected chi connectivity index (χ4v) is 4.75. The van der Waals surface area contributed by atoms with Crippen LogP contribution >= 0.6 is 0 Å².